The molecule has 0 amide bonds. The van der Waals surface area contributed by atoms with Crippen LogP contribution in [0.4, 0.5) is 4.39 Å². The van der Waals surface area contributed by atoms with Crippen molar-refractivity contribution >= 4 is 17.6 Å². The van der Waals surface area contributed by atoms with E-state index in [0.29, 0.717) is 18.0 Å². The second kappa shape index (κ2) is 7.80. The molecule has 4 rings (SSSR count). The minimum Gasteiger partial charge on any atom is -0.461 e. The van der Waals surface area contributed by atoms with E-state index in [1.165, 1.54) is 12.1 Å². The van der Waals surface area contributed by atoms with Crippen LogP contribution >= 0.6 is 0 Å². The van der Waals surface area contributed by atoms with E-state index in [1.807, 2.05) is 30.3 Å². The van der Waals surface area contributed by atoms with Crippen LogP contribution < -0.4 is 0 Å². The van der Waals surface area contributed by atoms with E-state index in [0.717, 1.165) is 41.7 Å². The first-order valence-corrected chi connectivity index (χ1v) is 9.48. The minimum atomic E-state index is -0.416. The number of carbonyl (C=O) groups excluding carboxylic acids is 1. The first-order valence-electron chi connectivity index (χ1n) is 9.48. The van der Waals surface area contributed by atoms with E-state index >= 15 is 0 Å². The number of esters is 1. The van der Waals surface area contributed by atoms with Crippen LogP contribution in [0.3, 0.4) is 0 Å². The van der Waals surface area contributed by atoms with Crippen molar-refractivity contribution in [3.63, 3.8) is 0 Å². The van der Waals surface area contributed by atoms with E-state index in [4.69, 9.17) is 4.74 Å². The summed E-state index contributed by atoms with van der Waals surface area (Å²) in [5, 5.41) is 4.58. The number of hydrogen-bond acceptors (Lipinski definition) is 3. The third-order valence-electron chi connectivity index (χ3n) is 4.84. The Balaban J connectivity index is 1.90. The maximum absolute atomic E-state index is 13.4. The second-order valence-electron chi connectivity index (χ2n) is 6.72. The SMILES string of the molecule is CCOC(=O)c1nn(-c2ccc(F)cc2)c2c1CCC/C2=C\c1ccccc1. The first-order chi connectivity index (χ1) is 13.7. The fraction of sp³-hybridized carbons (Fsp3) is 0.217. The molecule has 142 valence electrons. The standard InChI is InChI=1S/C23H21FN2O2/c1-2-28-23(27)21-20-10-6-9-17(15-16-7-4-3-5-8-16)22(20)26(25-21)19-13-11-18(24)12-14-19/h3-5,7-8,11-15H,2,6,9-10H2,1H3/b17-15+. The average Bonchev–Trinajstić information content (AvgIpc) is 3.10. The molecule has 0 fully saturated rings. The summed E-state index contributed by atoms with van der Waals surface area (Å²) in [6.07, 6.45) is 4.72. The fourth-order valence-corrected chi connectivity index (χ4v) is 3.61. The van der Waals surface area contributed by atoms with Gasteiger partial charge in [-0.15, -0.1) is 0 Å². The van der Waals surface area contributed by atoms with Gasteiger partial charge in [0.2, 0.25) is 0 Å². The van der Waals surface area contributed by atoms with Crippen molar-refractivity contribution < 1.29 is 13.9 Å². The van der Waals surface area contributed by atoms with E-state index in [9.17, 15) is 9.18 Å². The molecule has 3 aromatic rings. The van der Waals surface area contributed by atoms with Gasteiger partial charge in [-0.05, 0) is 67.7 Å². The van der Waals surface area contributed by atoms with Crippen LogP contribution in [0, 0.1) is 5.82 Å². The highest BCUT2D eigenvalue weighted by atomic mass is 19.1. The zero-order chi connectivity index (χ0) is 19.5. The summed E-state index contributed by atoms with van der Waals surface area (Å²) in [6, 6.07) is 16.2. The van der Waals surface area contributed by atoms with E-state index in [2.05, 4.69) is 11.2 Å². The number of benzene rings is 2. The van der Waals surface area contributed by atoms with Gasteiger partial charge < -0.3 is 4.74 Å². The summed E-state index contributed by atoms with van der Waals surface area (Å²) in [7, 11) is 0. The molecule has 0 radical (unpaired) electrons. The van der Waals surface area contributed by atoms with Crippen molar-refractivity contribution in [3.05, 3.63) is 82.9 Å². The Kier molecular flexibility index (Phi) is 5.06. The van der Waals surface area contributed by atoms with Gasteiger partial charge in [0.1, 0.15) is 5.82 Å². The number of allylic oxidation sites excluding steroid dienone is 1. The van der Waals surface area contributed by atoms with Gasteiger partial charge in [0.15, 0.2) is 5.69 Å². The molecule has 0 N–H and O–H groups in total. The van der Waals surface area contributed by atoms with Crippen LogP contribution in [-0.4, -0.2) is 22.4 Å². The van der Waals surface area contributed by atoms with Crippen LogP contribution in [0.15, 0.2) is 54.6 Å². The van der Waals surface area contributed by atoms with E-state index in [-0.39, 0.29) is 5.82 Å². The molecule has 5 heteroatoms. The summed E-state index contributed by atoms with van der Waals surface area (Å²) in [5.41, 5.74) is 5.07. The molecular formula is C23H21FN2O2. The molecule has 4 nitrogen and oxygen atoms in total. The number of aromatic nitrogens is 2. The van der Waals surface area contributed by atoms with Gasteiger partial charge in [0, 0.05) is 5.56 Å². The molecule has 0 unspecified atom stereocenters. The maximum Gasteiger partial charge on any atom is 0.359 e. The number of hydrogen-bond donors (Lipinski definition) is 0. The lowest BCUT2D eigenvalue weighted by Gasteiger charge is -2.18. The smallest absolute Gasteiger partial charge is 0.359 e. The number of fused-ring (bicyclic) bond motifs is 1. The van der Waals surface area contributed by atoms with Crippen LogP contribution in [0.5, 0.6) is 0 Å². The zero-order valence-electron chi connectivity index (χ0n) is 15.7. The molecule has 0 aliphatic heterocycles. The Morgan fingerprint density at radius 2 is 1.89 bits per heavy atom. The number of nitrogens with zero attached hydrogens (tertiary/aromatic N) is 2. The van der Waals surface area contributed by atoms with Crippen LogP contribution in [0.25, 0.3) is 17.3 Å². The number of ether oxygens (including phenoxy) is 1. The lowest BCUT2D eigenvalue weighted by Crippen LogP contribution is -2.10. The van der Waals surface area contributed by atoms with Crippen LogP contribution in [0.1, 0.15) is 47.1 Å². The first kappa shape index (κ1) is 18.2. The van der Waals surface area contributed by atoms with Gasteiger partial charge in [-0.25, -0.2) is 13.9 Å². The maximum atomic E-state index is 13.4. The number of rotatable bonds is 4. The Hall–Kier alpha value is -3.21. The third-order valence-corrected chi connectivity index (χ3v) is 4.84. The molecule has 28 heavy (non-hydrogen) atoms. The van der Waals surface area contributed by atoms with Gasteiger partial charge in [0.05, 0.1) is 18.0 Å². The third kappa shape index (κ3) is 3.48. The minimum absolute atomic E-state index is 0.295. The number of halogens is 1. The Labute approximate surface area is 163 Å². The van der Waals surface area contributed by atoms with Crippen molar-refractivity contribution in [2.75, 3.05) is 6.61 Å². The summed E-state index contributed by atoms with van der Waals surface area (Å²) in [6.45, 7) is 2.08. The largest absolute Gasteiger partial charge is 0.461 e. The molecular weight excluding hydrogens is 355 g/mol. The molecule has 2 aromatic carbocycles. The van der Waals surface area contributed by atoms with Gasteiger partial charge >= 0.3 is 5.97 Å². The van der Waals surface area contributed by atoms with Crippen molar-refractivity contribution in [3.8, 4) is 5.69 Å². The van der Waals surface area contributed by atoms with Gasteiger partial charge in [-0.1, -0.05) is 30.3 Å². The molecule has 0 atom stereocenters. The van der Waals surface area contributed by atoms with Crippen LogP contribution in [0.2, 0.25) is 0 Å². The van der Waals surface area contributed by atoms with E-state index < -0.39 is 5.97 Å². The molecule has 0 saturated heterocycles. The summed E-state index contributed by atoms with van der Waals surface area (Å²) in [5.74, 6) is -0.726. The second-order valence-corrected chi connectivity index (χ2v) is 6.72. The molecule has 1 heterocycles. The van der Waals surface area contributed by atoms with Crippen molar-refractivity contribution in [1.82, 2.24) is 9.78 Å². The fourth-order valence-electron chi connectivity index (χ4n) is 3.61. The van der Waals surface area contributed by atoms with Gasteiger partial charge in [0.25, 0.3) is 0 Å². The predicted octanol–water partition coefficient (Wildman–Crippen LogP) is 5.07. The van der Waals surface area contributed by atoms with Crippen molar-refractivity contribution in [1.29, 1.82) is 0 Å². The highest BCUT2D eigenvalue weighted by Crippen LogP contribution is 2.36. The van der Waals surface area contributed by atoms with Gasteiger partial charge in [-0.3, -0.25) is 0 Å². The number of carbonyl (C=O) groups is 1. The summed E-state index contributed by atoms with van der Waals surface area (Å²) in [4.78, 5) is 12.5. The molecule has 1 aliphatic carbocycles. The van der Waals surface area contributed by atoms with E-state index in [1.54, 1.807) is 23.7 Å². The highest BCUT2D eigenvalue weighted by molar-refractivity contribution is 5.93. The monoisotopic (exact) mass is 376 g/mol. The molecule has 1 aromatic heterocycles. The van der Waals surface area contributed by atoms with Crippen molar-refractivity contribution in [2.24, 2.45) is 0 Å². The Bertz CT molecular complexity index is 1020. The lowest BCUT2D eigenvalue weighted by atomic mass is 9.89. The van der Waals surface area contributed by atoms with Crippen LogP contribution in [-0.2, 0) is 11.2 Å². The highest BCUT2D eigenvalue weighted by Gasteiger charge is 2.29. The Morgan fingerprint density at radius 1 is 1.14 bits per heavy atom. The normalized spacial score (nSPS) is 14.7. The molecule has 0 spiro atoms. The summed E-state index contributed by atoms with van der Waals surface area (Å²) >= 11 is 0. The average molecular weight is 376 g/mol. The van der Waals surface area contributed by atoms with Crippen molar-refractivity contribution in [2.45, 2.75) is 26.2 Å². The quantitative estimate of drug-likeness (QED) is 0.598. The summed E-state index contributed by atoms with van der Waals surface area (Å²) < 4.78 is 20.4. The predicted molar refractivity (Wildman–Crippen MR) is 107 cm³/mol. The molecule has 0 saturated carbocycles. The lowest BCUT2D eigenvalue weighted by molar-refractivity contribution is 0.0517. The molecule has 1 aliphatic rings. The zero-order valence-corrected chi connectivity index (χ0v) is 15.7. The Morgan fingerprint density at radius 3 is 2.61 bits per heavy atom. The molecule has 0 bridgehead atoms. The van der Waals surface area contributed by atoms with Gasteiger partial charge in [-0.2, -0.15) is 5.10 Å². The topological polar surface area (TPSA) is 44.1 Å².